The zero-order chi connectivity index (χ0) is 16.0. The highest BCUT2D eigenvalue weighted by molar-refractivity contribution is 5.96. The van der Waals surface area contributed by atoms with Gasteiger partial charge in [0.2, 0.25) is 0 Å². The summed E-state index contributed by atoms with van der Waals surface area (Å²) in [5, 5.41) is 4.48. The maximum atomic E-state index is 12.8. The van der Waals surface area contributed by atoms with Gasteiger partial charge in [0.05, 0.1) is 0 Å². The second-order valence-electron chi connectivity index (χ2n) is 7.30. The number of carbonyl (C=O) groups excluding carboxylic acids is 1. The Hall–Kier alpha value is -1.52. The number of hydrogen-bond donors (Lipinski definition) is 1. The maximum Gasteiger partial charge on any atom is 0.289 e. The average molecular weight is 349 g/mol. The van der Waals surface area contributed by atoms with Gasteiger partial charge in [-0.05, 0) is 74.4 Å². The van der Waals surface area contributed by atoms with E-state index in [0.717, 1.165) is 50.0 Å². The van der Waals surface area contributed by atoms with Crippen LogP contribution in [0.3, 0.4) is 0 Å². The molecule has 0 bridgehead atoms. The van der Waals surface area contributed by atoms with E-state index in [-0.39, 0.29) is 18.3 Å². The monoisotopic (exact) mass is 348 g/mol. The van der Waals surface area contributed by atoms with Crippen LogP contribution in [0.4, 0.5) is 0 Å². The number of hydrogen-bond acceptors (Lipinski definition) is 3. The number of piperidine rings is 1. The molecule has 1 amide bonds. The molecule has 1 spiro atoms. The molecule has 0 unspecified atom stereocenters. The SMILES string of the molecule is Cc1cc2cc(C(=O)N3CCC4(CCNC4)CC3)oc2cc1C.Cl. The fourth-order valence-electron chi connectivity index (χ4n) is 3.97. The van der Waals surface area contributed by atoms with Crippen molar-refractivity contribution in [3.05, 3.63) is 35.1 Å². The molecule has 2 fully saturated rings. The zero-order valence-corrected chi connectivity index (χ0v) is 15.2. The van der Waals surface area contributed by atoms with Gasteiger partial charge in [0.15, 0.2) is 5.76 Å². The summed E-state index contributed by atoms with van der Waals surface area (Å²) in [5.74, 6) is 0.516. The van der Waals surface area contributed by atoms with Gasteiger partial charge in [-0.15, -0.1) is 12.4 Å². The van der Waals surface area contributed by atoms with E-state index in [1.54, 1.807) is 0 Å². The van der Waals surface area contributed by atoms with Crippen LogP contribution in [0.1, 0.15) is 40.9 Å². The van der Waals surface area contributed by atoms with E-state index in [4.69, 9.17) is 4.42 Å². The third-order valence-corrected chi connectivity index (χ3v) is 5.79. The fourth-order valence-corrected chi connectivity index (χ4v) is 3.97. The first-order chi connectivity index (χ1) is 11.1. The predicted octanol–water partition coefficient (Wildman–Crippen LogP) is 3.69. The van der Waals surface area contributed by atoms with Gasteiger partial charge in [-0.3, -0.25) is 4.79 Å². The number of halogens is 1. The first-order valence-electron chi connectivity index (χ1n) is 8.57. The largest absolute Gasteiger partial charge is 0.451 e. The van der Waals surface area contributed by atoms with Crippen molar-refractivity contribution in [1.82, 2.24) is 10.2 Å². The number of nitrogens with one attached hydrogen (secondary N) is 1. The molecule has 0 aliphatic carbocycles. The van der Waals surface area contributed by atoms with E-state index in [0.29, 0.717) is 11.2 Å². The van der Waals surface area contributed by atoms with Crippen LogP contribution in [0.15, 0.2) is 22.6 Å². The molecule has 4 nitrogen and oxygen atoms in total. The lowest BCUT2D eigenvalue weighted by molar-refractivity contribution is 0.0579. The number of amides is 1. The Morgan fingerprint density at radius 3 is 2.50 bits per heavy atom. The minimum Gasteiger partial charge on any atom is -0.451 e. The van der Waals surface area contributed by atoms with Crippen molar-refractivity contribution in [2.45, 2.75) is 33.1 Å². The Kier molecular flexibility index (Phi) is 4.63. The molecule has 2 saturated heterocycles. The van der Waals surface area contributed by atoms with Crippen molar-refractivity contribution in [1.29, 1.82) is 0 Å². The molecule has 130 valence electrons. The van der Waals surface area contributed by atoms with Crippen LogP contribution in [0.5, 0.6) is 0 Å². The Balaban J connectivity index is 0.00000169. The number of likely N-dealkylation sites (tertiary alicyclic amines) is 1. The first kappa shape index (κ1) is 17.3. The van der Waals surface area contributed by atoms with E-state index in [2.05, 4.69) is 25.2 Å². The first-order valence-corrected chi connectivity index (χ1v) is 8.57. The molecule has 0 atom stereocenters. The molecule has 3 heterocycles. The summed E-state index contributed by atoms with van der Waals surface area (Å²) >= 11 is 0. The summed E-state index contributed by atoms with van der Waals surface area (Å²) in [6.07, 6.45) is 3.45. The Morgan fingerprint density at radius 1 is 1.12 bits per heavy atom. The lowest BCUT2D eigenvalue weighted by atomic mass is 9.78. The van der Waals surface area contributed by atoms with E-state index < -0.39 is 0 Å². The van der Waals surface area contributed by atoms with Crippen LogP contribution in [-0.2, 0) is 0 Å². The Bertz CT molecular complexity index is 713. The third-order valence-electron chi connectivity index (χ3n) is 5.79. The Labute approximate surface area is 149 Å². The zero-order valence-electron chi connectivity index (χ0n) is 14.4. The van der Waals surface area contributed by atoms with Gasteiger partial charge in [0.1, 0.15) is 5.58 Å². The summed E-state index contributed by atoms with van der Waals surface area (Å²) in [7, 11) is 0. The van der Waals surface area contributed by atoms with Crippen molar-refractivity contribution in [3.8, 4) is 0 Å². The van der Waals surface area contributed by atoms with Gasteiger partial charge in [0, 0.05) is 25.0 Å². The number of rotatable bonds is 1. The van der Waals surface area contributed by atoms with Crippen LogP contribution in [0.25, 0.3) is 11.0 Å². The molecule has 1 N–H and O–H groups in total. The summed E-state index contributed by atoms with van der Waals surface area (Å²) in [5.41, 5.74) is 3.66. The highest BCUT2D eigenvalue weighted by Crippen LogP contribution is 2.37. The molecule has 0 saturated carbocycles. The lowest BCUT2D eigenvalue weighted by Gasteiger charge is -2.38. The van der Waals surface area contributed by atoms with Crippen LogP contribution < -0.4 is 5.32 Å². The molecule has 5 heteroatoms. The molecule has 1 aromatic heterocycles. The summed E-state index contributed by atoms with van der Waals surface area (Å²) < 4.78 is 5.83. The maximum absolute atomic E-state index is 12.8. The molecule has 2 aromatic rings. The summed E-state index contributed by atoms with van der Waals surface area (Å²) in [4.78, 5) is 14.7. The van der Waals surface area contributed by atoms with Crippen LogP contribution >= 0.6 is 12.4 Å². The second kappa shape index (κ2) is 6.41. The van der Waals surface area contributed by atoms with E-state index in [1.807, 2.05) is 17.0 Å². The highest BCUT2D eigenvalue weighted by atomic mass is 35.5. The van der Waals surface area contributed by atoms with Gasteiger partial charge >= 0.3 is 0 Å². The van der Waals surface area contributed by atoms with Crippen molar-refractivity contribution in [2.24, 2.45) is 5.41 Å². The van der Waals surface area contributed by atoms with Gasteiger partial charge in [-0.1, -0.05) is 0 Å². The minimum atomic E-state index is 0. The number of nitrogens with zero attached hydrogens (tertiary/aromatic N) is 1. The van der Waals surface area contributed by atoms with Gasteiger partial charge in [-0.2, -0.15) is 0 Å². The molecule has 2 aliphatic heterocycles. The molecule has 2 aliphatic rings. The van der Waals surface area contributed by atoms with Gasteiger partial charge < -0.3 is 14.6 Å². The van der Waals surface area contributed by atoms with Crippen LogP contribution in [0, 0.1) is 19.3 Å². The van der Waals surface area contributed by atoms with Crippen molar-refractivity contribution in [2.75, 3.05) is 26.2 Å². The molecule has 1 aromatic carbocycles. The number of furan rings is 1. The molecular formula is C19H25ClN2O2. The predicted molar refractivity (Wildman–Crippen MR) is 98.0 cm³/mol. The fraction of sp³-hybridized carbons (Fsp3) is 0.526. The number of fused-ring (bicyclic) bond motifs is 1. The lowest BCUT2D eigenvalue weighted by Crippen LogP contribution is -2.43. The molecule has 0 radical (unpaired) electrons. The van der Waals surface area contributed by atoms with E-state index in [1.165, 1.54) is 17.5 Å². The Morgan fingerprint density at radius 2 is 1.83 bits per heavy atom. The molecule has 4 rings (SSSR count). The van der Waals surface area contributed by atoms with Crippen molar-refractivity contribution in [3.63, 3.8) is 0 Å². The average Bonchev–Trinajstić information content (AvgIpc) is 3.15. The van der Waals surface area contributed by atoms with E-state index in [9.17, 15) is 4.79 Å². The highest BCUT2D eigenvalue weighted by Gasteiger charge is 2.38. The van der Waals surface area contributed by atoms with Crippen molar-refractivity contribution >= 4 is 29.3 Å². The van der Waals surface area contributed by atoms with Crippen LogP contribution in [0.2, 0.25) is 0 Å². The van der Waals surface area contributed by atoms with Crippen LogP contribution in [-0.4, -0.2) is 37.0 Å². The third kappa shape index (κ3) is 2.93. The number of aryl methyl sites for hydroxylation is 2. The second-order valence-corrected chi connectivity index (χ2v) is 7.30. The van der Waals surface area contributed by atoms with E-state index >= 15 is 0 Å². The normalized spacial score (nSPS) is 19.7. The smallest absolute Gasteiger partial charge is 0.289 e. The standard InChI is InChI=1S/C19H24N2O2.ClH/c1-13-9-15-11-17(23-16(15)10-14(13)2)18(22)21-7-4-19(5-8-21)3-6-20-12-19;/h9-11,20H,3-8,12H2,1-2H3;1H. The minimum absolute atomic E-state index is 0. The summed E-state index contributed by atoms with van der Waals surface area (Å²) in [6, 6.07) is 6.02. The van der Waals surface area contributed by atoms with Gasteiger partial charge in [0.25, 0.3) is 5.91 Å². The number of carbonyl (C=O) groups is 1. The van der Waals surface area contributed by atoms with Gasteiger partial charge in [-0.25, -0.2) is 0 Å². The quantitative estimate of drug-likeness (QED) is 0.855. The molecular weight excluding hydrogens is 324 g/mol. The topological polar surface area (TPSA) is 45.5 Å². The molecule has 24 heavy (non-hydrogen) atoms. The van der Waals surface area contributed by atoms with Crippen molar-refractivity contribution < 1.29 is 9.21 Å². The number of benzene rings is 1. The summed E-state index contributed by atoms with van der Waals surface area (Å²) in [6.45, 7) is 8.07.